The van der Waals surface area contributed by atoms with Gasteiger partial charge in [0.05, 0.1) is 0 Å². The van der Waals surface area contributed by atoms with Crippen LogP contribution in [0.15, 0.2) is 104 Å². The van der Waals surface area contributed by atoms with Gasteiger partial charge in [-0.2, -0.15) is 0 Å². The number of nitrogens with zero attached hydrogens (tertiary/aromatic N) is 4. The largest absolute Gasteiger partial charge is 0.265 e. The average Bonchev–Trinajstić information content (AvgIpc) is 3.16. The lowest BCUT2D eigenvalue weighted by molar-refractivity contribution is 1.32. The van der Waals surface area contributed by atoms with E-state index >= 15 is 0 Å². The van der Waals surface area contributed by atoms with Crippen LogP contribution in [0.3, 0.4) is 0 Å². The molecule has 0 saturated heterocycles. The third-order valence-electron chi connectivity index (χ3n) is 6.88. The minimum Gasteiger partial charge on any atom is -0.265 e. The predicted molar refractivity (Wildman–Crippen MR) is 131 cm³/mol. The van der Waals surface area contributed by atoms with Crippen LogP contribution in [0, 0.1) is 0 Å². The van der Waals surface area contributed by atoms with E-state index in [1.54, 1.807) is 0 Å². The average molecular weight is 424 g/mol. The van der Waals surface area contributed by atoms with Crippen molar-refractivity contribution in [2.45, 2.75) is 0 Å². The van der Waals surface area contributed by atoms with Crippen molar-refractivity contribution in [2.24, 2.45) is 0 Å². The normalized spacial score (nSPS) is 14.4. The molecule has 0 atom stereocenters. The second kappa shape index (κ2) is 6.55. The van der Waals surface area contributed by atoms with E-state index in [2.05, 4.69) is 76.7 Å². The molecule has 4 nitrogen and oxygen atoms in total. The van der Waals surface area contributed by atoms with Gasteiger partial charge in [0.25, 0.3) is 0 Å². The minimum atomic E-state index is -2.68. The standard InChI is InChI=1S/C26H17BN4Si/c1-2-6-18(7-3-1)27-21-8-4-12-30-25(21)32(26-22(27)9-5-13-31-26)23-10-14-28-16-19(23)20-17-29-15-11-24(20)32/h1-17H. The van der Waals surface area contributed by atoms with Crippen molar-refractivity contribution >= 4 is 52.2 Å². The summed E-state index contributed by atoms with van der Waals surface area (Å²) in [4.78, 5) is 19.1. The number of hydrogen-bond donors (Lipinski definition) is 0. The molecule has 2 aliphatic heterocycles. The summed E-state index contributed by atoms with van der Waals surface area (Å²) in [7, 11) is -2.68. The van der Waals surface area contributed by atoms with E-state index in [4.69, 9.17) is 9.97 Å². The van der Waals surface area contributed by atoms with Crippen molar-refractivity contribution in [1.82, 2.24) is 19.9 Å². The Kier molecular flexibility index (Phi) is 3.63. The molecule has 2 aliphatic rings. The number of fused-ring (bicyclic) bond motifs is 9. The topological polar surface area (TPSA) is 51.6 Å². The van der Waals surface area contributed by atoms with E-state index in [1.165, 1.54) is 37.4 Å². The molecular formula is C26H17BN4Si. The van der Waals surface area contributed by atoms with Crippen LogP contribution < -0.4 is 37.4 Å². The Hall–Kier alpha value is -3.90. The summed E-state index contributed by atoms with van der Waals surface area (Å²) in [5.41, 5.74) is 6.14. The minimum absolute atomic E-state index is 0.109. The SMILES string of the molecule is c1ccc(B2c3cccnc3[Si]3(c4ccncc4-c4cnccc43)c3ncccc32)cc1. The number of rotatable bonds is 1. The van der Waals surface area contributed by atoms with Crippen LogP contribution in [-0.4, -0.2) is 34.7 Å². The fraction of sp³-hybridized carbons (Fsp3) is 0. The van der Waals surface area contributed by atoms with Gasteiger partial charge in [-0.05, 0) is 34.6 Å². The first-order valence-electron chi connectivity index (χ1n) is 10.8. The number of hydrogen-bond acceptors (Lipinski definition) is 4. The van der Waals surface area contributed by atoms with Gasteiger partial charge in [0.2, 0.25) is 14.8 Å². The number of benzene rings is 1. The molecule has 1 aromatic carbocycles. The van der Waals surface area contributed by atoms with Gasteiger partial charge in [-0.15, -0.1) is 0 Å². The predicted octanol–water partition coefficient (Wildman–Crippen LogP) is -0.546. The van der Waals surface area contributed by atoms with Crippen LogP contribution in [0.5, 0.6) is 0 Å². The molecule has 148 valence electrons. The van der Waals surface area contributed by atoms with Crippen molar-refractivity contribution in [3.05, 3.63) is 104 Å². The molecule has 6 heteroatoms. The first-order valence-corrected chi connectivity index (χ1v) is 12.8. The molecule has 1 spiro atoms. The lowest BCUT2D eigenvalue weighted by atomic mass is 9.37. The Morgan fingerprint density at radius 2 is 1.12 bits per heavy atom. The van der Waals surface area contributed by atoms with Gasteiger partial charge in [-0.1, -0.05) is 58.9 Å². The van der Waals surface area contributed by atoms with Crippen LogP contribution in [0.4, 0.5) is 0 Å². The van der Waals surface area contributed by atoms with Gasteiger partial charge in [0.15, 0.2) is 0 Å². The van der Waals surface area contributed by atoms with Crippen molar-refractivity contribution in [2.75, 3.05) is 0 Å². The zero-order chi connectivity index (χ0) is 21.1. The number of pyridine rings is 4. The molecule has 5 aromatic rings. The first-order chi connectivity index (χ1) is 15.9. The molecule has 4 aromatic heterocycles. The fourth-order valence-electron chi connectivity index (χ4n) is 5.74. The Morgan fingerprint density at radius 1 is 0.562 bits per heavy atom. The van der Waals surface area contributed by atoms with Crippen LogP contribution in [0.2, 0.25) is 0 Å². The van der Waals surface area contributed by atoms with Crippen LogP contribution in [0.25, 0.3) is 11.1 Å². The van der Waals surface area contributed by atoms with E-state index in [1.807, 2.05) is 37.2 Å². The Morgan fingerprint density at radius 3 is 1.69 bits per heavy atom. The summed E-state index contributed by atoms with van der Waals surface area (Å²) in [5, 5.41) is 4.97. The van der Waals surface area contributed by atoms with Crippen molar-refractivity contribution in [1.29, 1.82) is 0 Å². The summed E-state index contributed by atoms with van der Waals surface area (Å²) >= 11 is 0. The Bertz CT molecular complexity index is 1410. The zero-order valence-corrected chi connectivity index (χ0v) is 18.2. The van der Waals surface area contributed by atoms with E-state index in [-0.39, 0.29) is 6.71 Å². The summed E-state index contributed by atoms with van der Waals surface area (Å²) in [6.45, 7) is 0.109. The Labute approximate surface area is 187 Å². The highest BCUT2D eigenvalue weighted by Gasteiger charge is 2.57. The third kappa shape index (κ3) is 2.12. The van der Waals surface area contributed by atoms with E-state index in [0.717, 1.165) is 11.1 Å². The lowest BCUT2D eigenvalue weighted by Gasteiger charge is -2.38. The maximum Gasteiger partial charge on any atom is 0.244 e. The molecule has 0 radical (unpaired) electrons. The number of aromatic nitrogens is 4. The fourth-order valence-corrected chi connectivity index (χ4v) is 11.0. The molecule has 0 amide bonds. The molecule has 0 bridgehead atoms. The molecule has 0 unspecified atom stereocenters. The summed E-state index contributed by atoms with van der Waals surface area (Å²) in [6, 6.07) is 23.7. The van der Waals surface area contributed by atoms with Gasteiger partial charge < -0.3 is 0 Å². The van der Waals surface area contributed by atoms with Crippen LogP contribution >= 0.6 is 0 Å². The van der Waals surface area contributed by atoms with Crippen molar-refractivity contribution in [3.63, 3.8) is 0 Å². The van der Waals surface area contributed by atoms with Crippen LogP contribution in [-0.2, 0) is 0 Å². The maximum absolute atomic E-state index is 5.11. The molecule has 0 N–H and O–H groups in total. The van der Waals surface area contributed by atoms with Crippen molar-refractivity contribution in [3.8, 4) is 11.1 Å². The van der Waals surface area contributed by atoms with Gasteiger partial charge in [0.1, 0.15) is 0 Å². The molecule has 0 saturated carbocycles. The highest BCUT2D eigenvalue weighted by Crippen LogP contribution is 2.26. The Balaban J connectivity index is 1.67. The maximum atomic E-state index is 5.11. The van der Waals surface area contributed by atoms with E-state index in [0.29, 0.717) is 0 Å². The molecule has 32 heavy (non-hydrogen) atoms. The third-order valence-corrected chi connectivity index (χ3v) is 11.6. The van der Waals surface area contributed by atoms with Gasteiger partial charge in [-0.25, -0.2) is 0 Å². The van der Waals surface area contributed by atoms with Crippen molar-refractivity contribution < 1.29 is 0 Å². The smallest absolute Gasteiger partial charge is 0.244 e. The van der Waals surface area contributed by atoms with E-state index in [9.17, 15) is 0 Å². The second-order valence-corrected chi connectivity index (χ2v) is 11.8. The molecule has 0 aliphatic carbocycles. The first kappa shape index (κ1) is 17.7. The second-order valence-electron chi connectivity index (χ2n) is 8.32. The summed E-state index contributed by atoms with van der Waals surface area (Å²) in [6.07, 6.45) is 11.6. The highest BCUT2D eigenvalue weighted by atomic mass is 28.3. The van der Waals surface area contributed by atoms with E-state index < -0.39 is 8.07 Å². The zero-order valence-electron chi connectivity index (χ0n) is 17.2. The quantitative estimate of drug-likeness (QED) is 0.332. The molecular weight excluding hydrogens is 407 g/mol. The molecule has 6 heterocycles. The highest BCUT2D eigenvalue weighted by molar-refractivity contribution is 7.27. The molecule has 7 rings (SSSR count). The lowest BCUT2D eigenvalue weighted by Crippen LogP contribution is -2.87. The summed E-state index contributed by atoms with van der Waals surface area (Å²) in [5.74, 6) is 0. The monoisotopic (exact) mass is 424 g/mol. The van der Waals surface area contributed by atoms with Gasteiger partial charge in [0, 0.05) is 58.9 Å². The summed E-state index contributed by atoms with van der Waals surface area (Å²) < 4.78 is 0. The van der Waals surface area contributed by atoms with Crippen LogP contribution in [0.1, 0.15) is 0 Å². The van der Waals surface area contributed by atoms with Gasteiger partial charge >= 0.3 is 0 Å². The molecule has 0 fully saturated rings. The van der Waals surface area contributed by atoms with Gasteiger partial charge in [-0.3, -0.25) is 19.9 Å².